The molecule has 1 heterocycles. The Morgan fingerprint density at radius 3 is 2.38 bits per heavy atom. The molecule has 0 bridgehead atoms. The van der Waals surface area contributed by atoms with Crippen LogP contribution in [0.1, 0.15) is 51.6 Å². The summed E-state index contributed by atoms with van der Waals surface area (Å²) in [6.07, 6.45) is 1.96. The Bertz CT molecular complexity index is 644. The van der Waals surface area contributed by atoms with E-state index in [1.165, 1.54) is 5.56 Å². The van der Waals surface area contributed by atoms with E-state index in [4.69, 9.17) is 4.98 Å². The van der Waals surface area contributed by atoms with Gasteiger partial charge in [-0.1, -0.05) is 30.3 Å². The second-order valence-electron chi connectivity index (χ2n) is 7.58. The molecule has 4 heteroatoms. The van der Waals surface area contributed by atoms with Gasteiger partial charge in [0.1, 0.15) is 11.6 Å². The van der Waals surface area contributed by atoms with Gasteiger partial charge < -0.3 is 10.2 Å². The van der Waals surface area contributed by atoms with Crippen molar-refractivity contribution in [1.29, 1.82) is 0 Å². The number of aromatic nitrogens is 2. The number of nitrogens with one attached hydrogen (secondary N) is 1. The molecule has 0 radical (unpaired) electrons. The molecule has 130 valence electrons. The average molecular weight is 326 g/mol. The zero-order valence-electron chi connectivity index (χ0n) is 15.8. The van der Waals surface area contributed by atoms with Gasteiger partial charge in [-0.2, -0.15) is 0 Å². The molecule has 0 aliphatic rings. The molecular formula is C20H30N4. The van der Waals surface area contributed by atoms with E-state index in [1.54, 1.807) is 0 Å². The summed E-state index contributed by atoms with van der Waals surface area (Å²) in [5.74, 6) is 1.83. The fourth-order valence-electron chi connectivity index (χ4n) is 2.50. The van der Waals surface area contributed by atoms with Crippen molar-refractivity contribution in [3.63, 3.8) is 0 Å². The molecule has 0 spiro atoms. The smallest absolute Gasteiger partial charge is 0.137 e. The maximum atomic E-state index is 4.77. The third kappa shape index (κ3) is 5.31. The first-order valence-corrected chi connectivity index (χ1v) is 8.64. The molecule has 2 rings (SSSR count). The first kappa shape index (κ1) is 18.4. The quantitative estimate of drug-likeness (QED) is 0.868. The lowest BCUT2D eigenvalue weighted by atomic mass is 10.1. The van der Waals surface area contributed by atoms with Crippen LogP contribution >= 0.6 is 0 Å². The highest BCUT2D eigenvalue weighted by Gasteiger charge is 2.19. The van der Waals surface area contributed by atoms with Crippen LogP contribution in [0.15, 0.2) is 36.5 Å². The number of aryl methyl sites for hydroxylation is 1. The predicted molar refractivity (Wildman–Crippen MR) is 101 cm³/mol. The monoisotopic (exact) mass is 326 g/mol. The molecule has 1 aromatic carbocycles. The topological polar surface area (TPSA) is 41.1 Å². The van der Waals surface area contributed by atoms with E-state index in [0.29, 0.717) is 6.04 Å². The number of hydrogen-bond acceptors (Lipinski definition) is 4. The Hall–Kier alpha value is -1.94. The molecule has 0 aliphatic heterocycles. The van der Waals surface area contributed by atoms with Crippen molar-refractivity contribution in [2.75, 3.05) is 4.90 Å². The van der Waals surface area contributed by atoms with Crippen LogP contribution in [0.25, 0.3) is 0 Å². The van der Waals surface area contributed by atoms with Gasteiger partial charge in [0.25, 0.3) is 0 Å². The van der Waals surface area contributed by atoms with Crippen LogP contribution in [0.3, 0.4) is 0 Å². The summed E-state index contributed by atoms with van der Waals surface area (Å²) in [6, 6.07) is 10.9. The van der Waals surface area contributed by atoms with Crippen LogP contribution in [-0.2, 0) is 13.1 Å². The van der Waals surface area contributed by atoms with E-state index in [0.717, 1.165) is 30.3 Å². The highest BCUT2D eigenvalue weighted by molar-refractivity contribution is 5.47. The fraction of sp³-hybridized carbons (Fsp3) is 0.500. The lowest BCUT2D eigenvalue weighted by Crippen LogP contribution is -2.37. The summed E-state index contributed by atoms with van der Waals surface area (Å²) < 4.78 is 0. The standard InChI is InChI=1S/C20H30N4/c1-15(2)24(14-17-10-8-7-9-11-17)19-18(12-21-16(3)23-19)13-22-20(4,5)6/h7-12,15,22H,13-14H2,1-6H3. The van der Waals surface area contributed by atoms with Crippen molar-refractivity contribution < 1.29 is 0 Å². The lowest BCUT2D eigenvalue weighted by molar-refractivity contribution is 0.423. The van der Waals surface area contributed by atoms with Crippen molar-refractivity contribution in [2.45, 2.75) is 66.2 Å². The summed E-state index contributed by atoms with van der Waals surface area (Å²) in [5.41, 5.74) is 2.49. The van der Waals surface area contributed by atoms with Crippen molar-refractivity contribution in [3.05, 3.63) is 53.5 Å². The van der Waals surface area contributed by atoms with Gasteiger partial charge in [0.15, 0.2) is 0 Å². The van der Waals surface area contributed by atoms with Crippen LogP contribution in [0.2, 0.25) is 0 Å². The van der Waals surface area contributed by atoms with Crippen LogP contribution in [-0.4, -0.2) is 21.5 Å². The van der Waals surface area contributed by atoms with Gasteiger partial charge in [0.05, 0.1) is 0 Å². The minimum absolute atomic E-state index is 0.0598. The second-order valence-corrected chi connectivity index (χ2v) is 7.58. The van der Waals surface area contributed by atoms with Crippen molar-refractivity contribution in [2.24, 2.45) is 0 Å². The molecule has 1 N–H and O–H groups in total. The number of benzene rings is 1. The molecule has 0 atom stereocenters. The van der Waals surface area contributed by atoms with E-state index in [1.807, 2.05) is 13.1 Å². The zero-order valence-corrected chi connectivity index (χ0v) is 15.8. The summed E-state index contributed by atoms with van der Waals surface area (Å²) in [6.45, 7) is 14.5. The van der Waals surface area contributed by atoms with Gasteiger partial charge in [0.2, 0.25) is 0 Å². The van der Waals surface area contributed by atoms with Gasteiger partial charge in [-0.05, 0) is 47.1 Å². The highest BCUT2D eigenvalue weighted by atomic mass is 15.2. The van der Waals surface area contributed by atoms with E-state index in [9.17, 15) is 0 Å². The number of hydrogen-bond donors (Lipinski definition) is 1. The third-order valence-electron chi connectivity index (χ3n) is 3.86. The summed E-state index contributed by atoms with van der Waals surface area (Å²) in [7, 11) is 0. The minimum Gasteiger partial charge on any atom is -0.349 e. The van der Waals surface area contributed by atoms with E-state index < -0.39 is 0 Å². The fourth-order valence-corrected chi connectivity index (χ4v) is 2.50. The molecular weight excluding hydrogens is 296 g/mol. The van der Waals surface area contributed by atoms with Crippen LogP contribution in [0, 0.1) is 6.92 Å². The van der Waals surface area contributed by atoms with Crippen molar-refractivity contribution in [3.8, 4) is 0 Å². The molecule has 0 saturated carbocycles. The Morgan fingerprint density at radius 1 is 1.12 bits per heavy atom. The van der Waals surface area contributed by atoms with E-state index in [-0.39, 0.29) is 5.54 Å². The van der Waals surface area contributed by atoms with E-state index >= 15 is 0 Å². The Morgan fingerprint density at radius 2 is 1.79 bits per heavy atom. The lowest BCUT2D eigenvalue weighted by Gasteiger charge is -2.31. The Kier molecular flexibility index (Phi) is 5.94. The normalized spacial score (nSPS) is 11.8. The molecule has 0 amide bonds. The molecule has 0 aliphatic carbocycles. The third-order valence-corrected chi connectivity index (χ3v) is 3.86. The predicted octanol–water partition coefficient (Wildman–Crippen LogP) is 4.09. The largest absolute Gasteiger partial charge is 0.349 e. The van der Waals surface area contributed by atoms with Crippen LogP contribution in [0.5, 0.6) is 0 Å². The number of nitrogens with zero attached hydrogens (tertiary/aromatic N) is 3. The second kappa shape index (κ2) is 7.75. The molecule has 2 aromatic rings. The first-order chi connectivity index (χ1) is 11.3. The maximum Gasteiger partial charge on any atom is 0.137 e. The number of rotatable bonds is 6. The van der Waals surface area contributed by atoms with Gasteiger partial charge in [-0.3, -0.25) is 0 Å². The molecule has 0 saturated heterocycles. The highest BCUT2D eigenvalue weighted by Crippen LogP contribution is 2.23. The van der Waals surface area contributed by atoms with E-state index in [2.05, 4.69) is 80.2 Å². The first-order valence-electron chi connectivity index (χ1n) is 8.64. The summed E-state index contributed by atoms with van der Waals surface area (Å²) in [4.78, 5) is 11.5. The average Bonchev–Trinajstić information content (AvgIpc) is 2.51. The molecule has 0 fully saturated rings. The molecule has 4 nitrogen and oxygen atoms in total. The van der Waals surface area contributed by atoms with Gasteiger partial charge in [-0.25, -0.2) is 9.97 Å². The molecule has 1 aromatic heterocycles. The molecule has 0 unspecified atom stereocenters. The van der Waals surface area contributed by atoms with Crippen molar-refractivity contribution >= 4 is 5.82 Å². The van der Waals surface area contributed by atoms with Crippen LogP contribution in [0.4, 0.5) is 5.82 Å². The maximum absolute atomic E-state index is 4.77. The summed E-state index contributed by atoms with van der Waals surface area (Å²) in [5, 5.41) is 3.55. The Labute approximate surface area is 146 Å². The Balaban J connectivity index is 2.32. The zero-order chi connectivity index (χ0) is 17.7. The SMILES string of the molecule is Cc1ncc(CNC(C)(C)C)c(N(Cc2ccccc2)C(C)C)n1. The van der Waals surface area contributed by atoms with Crippen molar-refractivity contribution in [1.82, 2.24) is 15.3 Å². The van der Waals surface area contributed by atoms with Gasteiger partial charge in [0, 0.05) is 36.4 Å². The number of anilines is 1. The van der Waals surface area contributed by atoms with Gasteiger partial charge in [-0.15, -0.1) is 0 Å². The summed E-state index contributed by atoms with van der Waals surface area (Å²) >= 11 is 0. The minimum atomic E-state index is 0.0598. The van der Waals surface area contributed by atoms with Gasteiger partial charge >= 0.3 is 0 Å². The molecule has 24 heavy (non-hydrogen) atoms. The van der Waals surface area contributed by atoms with Crippen LogP contribution < -0.4 is 10.2 Å².